The molecule has 0 aromatic carbocycles. The number of thiophene rings is 1. The zero-order chi connectivity index (χ0) is 21.0. The molecule has 1 fully saturated rings. The molecule has 1 saturated heterocycles. The van der Waals surface area contributed by atoms with Crippen LogP contribution in [0.15, 0.2) is 30.6 Å². The number of esters is 1. The Bertz CT molecular complexity index is 853. The molecule has 2 amide bonds. The van der Waals surface area contributed by atoms with Gasteiger partial charge in [-0.2, -0.15) is 0 Å². The number of pyridine rings is 1. The van der Waals surface area contributed by atoms with E-state index in [1.807, 2.05) is 18.2 Å². The molecule has 3 heterocycles. The van der Waals surface area contributed by atoms with Crippen LogP contribution in [-0.4, -0.2) is 60.1 Å². The summed E-state index contributed by atoms with van der Waals surface area (Å²) in [7, 11) is 1.35. The van der Waals surface area contributed by atoms with Gasteiger partial charge in [-0.05, 0) is 29.2 Å². The van der Waals surface area contributed by atoms with Crippen molar-refractivity contribution < 1.29 is 14.3 Å². The third-order valence-corrected chi connectivity index (χ3v) is 6.39. The number of urea groups is 1. The molecule has 0 unspecified atom stereocenters. The quantitative estimate of drug-likeness (QED) is 0.771. The maximum atomic E-state index is 12.8. The normalized spacial score (nSPS) is 15.2. The van der Waals surface area contributed by atoms with Gasteiger partial charge in [0, 0.05) is 50.0 Å². The number of carbonyl (C=O) groups is 2. The lowest BCUT2D eigenvalue weighted by atomic mass is 9.94. The Balaban J connectivity index is 1.62. The largest absolute Gasteiger partial charge is 0.465 e. The van der Waals surface area contributed by atoms with Gasteiger partial charge in [-0.25, -0.2) is 9.59 Å². The highest BCUT2D eigenvalue weighted by Gasteiger charge is 2.27. The second kappa shape index (κ2) is 8.92. The number of anilines is 1. The summed E-state index contributed by atoms with van der Waals surface area (Å²) in [4.78, 5) is 34.1. The standard InChI is InChI=1S/C21H28N4O3S/c1-21(2,3)17-13-16(19(26)28-4)18(29-17)23-20(27)25-11-9-24(10-12-25)14-15-5-7-22-8-6-15/h5-8,13H,9-12,14H2,1-4H3,(H,23,27). The number of methoxy groups -OCH3 is 1. The van der Waals surface area contributed by atoms with Crippen molar-refractivity contribution in [1.29, 1.82) is 0 Å². The summed E-state index contributed by atoms with van der Waals surface area (Å²) >= 11 is 1.43. The third kappa shape index (κ3) is 5.33. The average Bonchev–Trinajstić information content (AvgIpc) is 3.13. The summed E-state index contributed by atoms with van der Waals surface area (Å²) in [6.07, 6.45) is 3.59. The first-order chi connectivity index (χ1) is 13.8. The molecule has 156 valence electrons. The SMILES string of the molecule is COC(=O)c1cc(C(C)(C)C)sc1NC(=O)N1CCN(Cc2ccncc2)CC1. The number of piperazine rings is 1. The van der Waals surface area contributed by atoms with E-state index < -0.39 is 5.97 Å². The molecule has 8 heteroatoms. The Morgan fingerprint density at radius 1 is 1.17 bits per heavy atom. The first-order valence-corrected chi connectivity index (χ1v) is 10.5. The van der Waals surface area contributed by atoms with Crippen LogP contribution < -0.4 is 5.32 Å². The van der Waals surface area contributed by atoms with E-state index >= 15 is 0 Å². The van der Waals surface area contributed by atoms with Crippen molar-refractivity contribution in [2.75, 3.05) is 38.6 Å². The Labute approximate surface area is 175 Å². The van der Waals surface area contributed by atoms with Gasteiger partial charge in [-0.3, -0.25) is 15.2 Å². The summed E-state index contributed by atoms with van der Waals surface area (Å²) < 4.78 is 4.89. The van der Waals surface area contributed by atoms with Crippen molar-refractivity contribution in [1.82, 2.24) is 14.8 Å². The first-order valence-electron chi connectivity index (χ1n) is 9.67. The van der Waals surface area contributed by atoms with Crippen LogP contribution in [0, 0.1) is 0 Å². The van der Waals surface area contributed by atoms with Crippen LogP contribution in [0.4, 0.5) is 9.80 Å². The van der Waals surface area contributed by atoms with Gasteiger partial charge in [0.1, 0.15) is 5.00 Å². The fourth-order valence-corrected chi connectivity index (χ4v) is 4.24. The topological polar surface area (TPSA) is 74.8 Å². The number of carbonyl (C=O) groups excluding carboxylic acids is 2. The van der Waals surface area contributed by atoms with Crippen molar-refractivity contribution >= 4 is 28.3 Å². The monoisotopic (exact) mass is 416 g/mol. The molecule has 2 aromatic rings. The van der Waals surface area contributed by atoms with Crippen molar-refractivity contribution in [3.8, 4) is 0 Å². The molecule has 0 aliphatic carbocycles. The molecule has 1 aliphatic rings. The summed E-state index contributed by atoms with van der Waals surface area (Å²) in [6, 6.07) is 5.66. The zero-order valence-electron chi connectivity index (χ0n) is 17.4. The van der Waals surface area contributed by atoms with Crippen molar-refractivity contribution in [2.24, 2.45) is 0 Å². The number of nitrogens with zero attached hydrogens (tertiary/aromatic N) is 3. The molecule has 7 nitrogen and oxygen atoms in total. The Kier molecular flexibility index (Phi) is 6.54. The van der Waals surface area contributed by atoms with Gasteiger partial charge in [0.15, 0.2) is 0 Å². The summed E-state index contributed by atoms with van der Waals surface area (Å²) in [5, 5.41) is 3.48. The third-order valence-electron chi connectivity index (χ3n) is 4.91. The van der Waals surface area contributed by atoms with Crippen LogP contribution in [0.25, 0.3) is 0 Å². The van der Waals surface area contributed by atoms with E-state index in [9.17, 15) is 9.59 Å². The predicted octanol–water partition coefficient (Wildman–Crippen LogP) is 3.58. The molecule has 3 rings (SSSR count). The summed E-state index contributed by atoms with van der Waals surface area (Å²) in [5.74, 6) is -0.436. The highest BCUT2D eigenvalue weighted by Crippen LogP contribution is 2.36. The van der Waals surface area contributed by atoms with E-state index in [2.05, 4.69) is 36.0 Å². The summed E-state index contributed by atoms with van der Waals surface area (Å²) in [5.41, 5.74) is 1.51. The van der Waals surface area contributed by atoms with E-state index in [1.54, 1.807) is 17.3 Å². The van der Waals surface area contributed by atoms with E-state index in [0.29, 0.717) is 23.7 Å². The van der Waals surface area contributed by atoms with Gasteiger partial charge in [-0.1, -0.05) is 20.8 Å². The molecule has 0 saturated carbocycles. The van der Waals surface area contributed by atoms with Crippen LogP contribution in [0.2, 0.25) is 0 Å². The van der Waals surface area contributed by atoms with Crippen molar-refractivity contribution in [2.45, 2.75) is 32.7 Å². The highest BCUT2D eigenvalue weighted by atomic mass is 32.1. The van der Waals surface area contributed by atoms with Gasteiger partial charge >= 0.3 is 12.0 Å². The molecule has 0 bridgehead atoms. The Morgan fingerprint density at radius 2 is 1.83 bits per heavy atom. The minimum absolute atomic E-state index is 0.116. The smallest absolute Gasteiger partial charge is 0.340 e. The Hall–Kier alpha value is -2.45. The van der Waals surface area contributed by atoms with Gasteiger partial charge in [0.05, 0.1) is 12.7 Å². The average molecular weight is 417 g/mol. The van der Waals surface area contributed by atoms with Crippen LogP contribution in [0.3, 0.4) is 0 Å². The molecule has 0 radical (unpaired) electrons. The molecular formula is C21H28N4O3S. The first kappa shape index (κ1) is 21.3. The van der Waals surface area contributed by atoms with Crippen LogP contribution in [0.1, 0.15) is 41.6 Å². The van der Waals surface area contributed by atoms with E-state index in [1.165, 1.54) is 24.0 Å². The number of ether oxygens (including phenoxy) is 1. The minimum atomic E-state index is -0.436. The number of hydrogen-bond acceptors (Lipinski definition) is 6. The van der Waals surface area contributed by atoms with Crippen LogP contribution >= 0.6 is 11.3 Å². The van der Waals surface area contributed by atoms with Gasteiger partial charge < -0.3 is 9.64 Å². The van der Waals surface area contributed by atoms with E-state index in [0.717, 1.165) is 24.5 Å². The number of aromatic nitrogens is 1. The molecule has 0 spiro atoms. The molecular weight excluding hydrogens is 388 g/mol. The van der Waals surface area contributed by atoms with E-state index in [-0.39, 0.29) is 11.4 Å². The van der Waals surface area contributed by atoms with Gasteiger partial charge in [0.2, 0.25) is 0 Å². The Morgan fingerprint density at radius 3 is 2.41 bits per heavy atom. The number of amides is 2. The molecule has 0 atom stereocenters. The zero-order valence-corrected chi connectivity index (χ0v) is 18.2. The molecule has 2 aromatic heterocycles. The summed E-state index contributed by atoms with van der Waals surface area (Å²) in [6.45, 7) is 9.97. The van der Waals surface area contributed by atoms with Gasteiger partial charge in [-0.15, -0.1) is 11.3 Å². The maximum Gasteiger partial charge on any atom is 0.340 e. The second-order valence-electron chi connectivity index (χ2n) is 8.14. The van der Waals surface area contributed by atoms with Gasteiger partial charge in [0.25, 0.3) is 0 Å². The molecule has 29 heavy (non-hydrogen) atoms. The molecule has 1 N–H and O–H groups in total. The van der Waals surface area contributed by atoms with Crippen molar-refractivity contribution in [3.63, 3.8) is 0 Å². The fourth-order valence-electron chi connectivity index (χ4n) is 3.15. The lowest BCUT2D eigenvalue weighted by Crippen LogP contribution is -2.49. The lowest BCUT2D eigenvalue weighted by molar-refractivity contribution is 0.0602. The highest BCUT2D eigenvalue weighted by molar-refractivity contribution is 7.16. The number of nitrogens with one attached hydrogen (secondary N) is 1. The van der Waals surface area contributed by atoms with E-state index in [4.69, 9.17) is 4.74 Å². The predicted molar refractivity (Wildman–Crippen MR) is 114 cm³/mol. The van der Waals surface area contributed by atoms with Crippen LogP contribution in [0.5, 0.6) is 0 Å². The van der Waals surface area contributed by atoms with Crippen molar-refractivity contribution in [3.05, 3.63) is 46.6 Å². The molecule has 1 aliphatic heterocycles. The maximum absolute atomic E-state index is 12.8. The second-order valence-corrected chi connectivity index (χ2v) is 9.20. The number of rotatable bonds is 4. The lowest BCUT2D eigenvalue weighted by Gasteiger charge is -2.34. The number of hydrogen-bond donors (Lipinski definition) is 1. The minimum Gasteiger partial charge on any atom is -0.465 e. The van der Waals surface area contributed by atoms with Crippen LogP contribution in [-0.2, 0) is 16.7 Å². The fraction of sp³-hybridized carbons (Fsp3) is 0.476.